The van der Waals surface area contributed by atoms with Gasteiger partial charge in [-0.25, -0.2) is 0 Å². The van der Waals surface area contributed by atoms with Crippen molar-refractivity contribution in [1.29, 1.82) is 0 Å². The summed E-state index contributed by atoms with van der Waals surface area (Å²) in [6, 6.07) is 5.65. The molecular weight excluding hydrogens is 240 g/mol. The summed E-state index contributed by atoms with van der Waals surface area (Å²) >= 11 is 0. The topological polar surface area (TPSA) is 35.5 Å². The van der Waals surface area contributed by atoms with Gasteiger partial charge in [-0.1, -0.05) is 13.8 Å². The molecule has 2 unspecified atom stereocenters. The molecule has 1 aromatic rings. The van der Waals surface area contributed by atoms with Crippen LogP contribution in [0.2, 0.25) is 0 Å². The molecule has 1 aliphatic rings. The van der Waals surface area contributed by atoms with Gasteiger partial charge in [0.05, 0.1) is 6.10 Å². The zero-order valence-corrected chi connectivity index (χ0v) is 11.7. The molecule has 0 N–H and O–H groups in total. The Bertz CT molecular complexity index is 422. The molecule has 3 nitrogen and oxygen atoms in total. The first kappa shape index (κ1) is 14.1. The molecule has 0 spiro atoms. The van der Waals surface area contributed by atoms with Crippen LogP contribution in [0.3, 0.4) is 0 Å². The van der Waals surface area contributed by atoms with Crippen LogP contribution in [0.15, 0.2) is 18.2 Å². The highest BCUT2D eigenvalue weighted by atomic mass is 16.5. The Morgan fingerprint density at radius 2 is 2.37 bits per heavy atom. The van der Waals surface area contributed by atoms with Crippen molar-refractivity contribution >= 4 is 6.29 Å². The van der Waals surface area contributed by atoms with Crippen molar-refractivity contribution in [2.24, 2.45) is 0 Å². The average Bonchev–Trinajstić information content (AvgIpc) is 2.97. The van der Waals surface area contributed by atoms with Crippen molar-refractivity contribution in [2.45, 2.75) is 45.1 Å². The van der Waals surface area contributed by atoms with Gasteiger partial charge in [-0.05, 0) is 48.9 Å². The van der Waals surface area contributed by atoms with E-state index in [1.54, 1.807) is 0 Å². The highest BCUT2D eigenvalue weighted by Crippen LogP contribution is 2.30. The second-order valence-electron chi connectivity index (χ2n) is 5.17. The summed E-state index contributed by atoms with van der Waals surface area (Å²) in [5.41, 5.74) is 1.82. The predicted molar refractivity (Wildman–Crippen MR) is 75.0 cm³/mol. The number of rotatable bonds is 6. The number of carbonyl (C=O) groups excluding carboxylic acids is 1. The van der Waals surface area contributed by atoms with Gasteiger partial charge >= 0.3 is 0 Å². The van der Waals surface area contributed by atoms with E-state index in [4.69, 9.17) is 9.47 Å². The molecule has 0 aromatic heterocycles. The van der Waals surface area contributed by atoms with E-state index in [0.717, 1.165) is 43.5 Å². The van der Waals surface area contributed by atoms with Gasteiger partial charge in [0.2, 0.25) is 0 Å². The van der Waals surface area contributed by atoms with Crippen LogP contribution in [-0.4, -0.2) is 25.6 Å². The molecule has 3 heteroatoms. The summed E-state index contributed by atoms with van der Waals surface area (Å²) in [7, 11) is 0. The summed E-state index contributed by atoms with van der Waals surface area (Å²) in [6.45, 7) is 5.74. The molecule has 2 atom stereocenters. The van der Waals surface area contributed by atoms with E-state index in [1.165, 1.54) is 0 Å². The van der Waals surface area contributed by atoms with E-state index in [9.17, 15) is 4.79 Å². The standard InChI is InChI=1S/C16H22O3/c1-3-12(2)15-9-13(10-17)6-7-16(15)19-11-14-5-4-8-18-14/h6-7,9-10,12,14H,3-5,8,11H2,1-2H3. The molecule has 1 heterocycles. The maximum absolute atomic E-state index is 10.9. The van der Waals surface area contributed by atoms with Gasteiger partial charge in [0.15, 0.2) is 0 Å². The van der Waals surface area contributed by atoms with Crippen molar-refractivity contribution in [3.05, 3.63) is 29.3 Å². The monoisotopic (exact) mass is 262 g/mol. The maximum Gasteiger partial charge on any atom is 0.150 e. The maximum atomic E-state index is 10.9. The Morgan fingerprint density at radius 3 is 3.00 bits per heavy atom. The molecule has 1 aliphatic heterocycles. The van der Waals surface area contributed by atoms with Crippen molar-refractivity contribution in [2.75, 3.05) is 13.2 Å². The van der Waals surface area contributed by atoms with E-state index in [2.05, 4.69) is 13.8 Å². The minimum Gasteiger partial charge on any atom is -0.491 e. The van der Waals surface area contributed by atoms with E-state index >= 15 is 0 Å². The zero-order valence-electron chi connectivity index (χ0n) is 11.7. The highest BCUT2D eigenvalue weighted by Gasteiger charge is 2.18. The van der Waals surface area contributed by atoms with E-state index in [0.29, 0.717) is 18.1 Å². The van der Waals surface area contributed by atoms with Gasteiger partial charge in [-0.15, -0.1) is 0 Å². The minimum atomic E-state index is 0.218. The molecule has 0 bridgehead atoms. The van der Waals surface area contributed by atoms with E-state index in [-0.39, 0.29) is 6.10 Å². The fraction of sp³-hybridized carbons (Fsp3) is 0.562. The van der Waals surface area contributed by atoms with Crippen LogP contribution in [0.4, 0.5) is 0 Å². The molecule has 1 saturated heterocycles. The molecule has 0 radical (unpaired) electrons. The molecule has 0 aliphatic carbocycles. The number of hydrogen-bond donors (Lipinski definition) is 0. The molecule has 0 saturated carbocycles. The number of aldehydes is 1. The van der Waals surface area contributed by atoms with Crippen LogP contribution in [-0.2, 0) is 4.74 Å². The first-order valence-corrected chi connectivity index (χ1v) is 7.08. The summed E-state index contributed by atoms with van der Waals surface area (Å²) < 4.78 is 11.5. The summed E-state index contributed by atoms with van der Waals surface area (Å²) in [5.74, 6) is 1.27. The lowest BCUT2D eigenvalue weighted by Gasteiger charge is -2.18. The Balaban J connectivity index is 2.10. The van der Waals surface area contributed by atoms with Crippen LogP contribution in [0.5, 0.6) is 5.75 Å². The fourth-order valence-corrected chi connectivity index (χ4v) is 2.34. The van der Waals surface area contributed by atoms with Crippen molar-refractivity contribution in [3.63, 3.8) is 0 Å². The molecule has 104 valence electrons. The van der Waals surface area contributed by atoms with Gasteiger partial charge in [0.25, 0.3) is 0 Å². The summed E-state index contributed by atoms with van der Waals surface area (Å²) in [5, 5.41) is 0. The van der Waals surface area contributed by atoms with E-state index in [1.807, 2.05) is 18.2 Å². The van der Waals surface area contributed by atoms with Gasteiger partial charge in [0.1, 0.15) is 18.6 Å². The van der Waals surface area contributed by atoms with Gasteiger partial charge in [-0.3, -0.25) is 4.79 Å². The number of carbonyl (C=O) groups is 1. The first-order chi connectivity index (χ1) is 9.24. The molecule has 19 heavy (non-hydrogen) atoms. The fourth-order valence-electron chi connectivity index (χ4n) is 2.34. The lowest BCUT2D eigenvalue weighted by atomic mass is 9.96. The van der Waals surface area contributed by atoms with Gasteiger partial charge in [0, 0.05) is 12.2 Å². The second kappa shape index (κ2) is 6.71. The lowest BCUT2D eigenvalue weighted by Crippen LogP contribution is -2.17. The SMILES string of the molecule is CCC(C)c1cc(C=O)ccc1OCC1CCCO1. The Morgan fingerprint density at radius 1 is 1.53 bits per heavy atom. The van der Waals surface area contributed by atoms with Crippen LogP contribution in [0, 0.1) is 0 Å². The number of ether oxygens (including phenoxy) is 2. The minimum absolute atomic E-state index is 0.218. The van der Waals surface area contributed by atoms with E-state index < -0.39 is 0 Å². The third-order valence-corrected chi connectivity index (χ3v) is 3.76. The van der Waals surface area contributed by atoms with Crippen LogP contribution in [0.1, 0.15) is 54.9 Å². The third-order valence-electron chi connectivity index (χ3n) is 3.76. The third kappa shape index (κ3) is 3.57. The average molecular weight is 262 g/mol. The Hall–Kier alpha value is -1.35. The quantitative estimate of drug-likeness (QED) is 0.735. The highest BCUT2D eigenvalue weighted by molar-refractivity contribution is 5.75. The molecule has 0 amide bonds. The number of benzene rings is 1. The molecule has 1 fully saturated rings. The smallest absolute Gasteiger partial charge is 0.150 e. The summed E-state index contributed by atoms with van der Waals surface area (Å²) in [4.78, 5) is 10.9. The molecule has 2 rings (SSSR count). The molecule has 1 aromatic carbocycles. The second-order valence-corrected chi connectivity index (χ2v) is 5.17. The molecular formula is C16H22O3. The van der Waals surface area contributed by atoms with Gasteiger partial charge in [-0.2, -0.15) is 0 Å². The van der Waals surface area contributed by atoms with Crippen LogP contribution < -0.4 is 4.74 Å². The lowest BCUT2D eigenvalue weighted by molar-refractivity contribution is 0.0675. The number of hydrogen-bond acceptors (Lipinski definition) is 3. The van der Waals surface area contributed by atoms with Crippen molar-refractivity contribution in [3.8, 4) is 5.75 Å². The Labute approximate surface area is 114 Å². The van der Waals surface area contributed by atoms with Crippen molar-refractivity contribution in [1.82, 2.24) is 0 Å². The van der Waals surface area contributed by atoms with Crippen molar-refractivity contribution < 1.29 is 14.3 Å². The van der Waals surface area contributed by atoms with Crippen LogP contribution in [0.25, 0.3) is 0 Å². The summed E-state index contributed by atoms with van der Waals surface area (Å²) in [6.07, 6.45) is 4.32. The largest absolute Gasteiger partial charge is 0.491 e. The van der Waals surface area contributed by atoms with Crippen LogP contribution >= 0.6 is 0 Å². The normalized spacial score (nSPS) is 20.2. The predicted octanol–water partition coefficient (Wildman–Crippen LogP) is 3.57. The Kier molecular flexibility index (Phi) is 4.97. The van der Waals surface area contributed by atoms with Gasteiger partial charge < -0.3 is 9.47 Å². The first-order valence-electron chi connectivity index (χ1n) is 7.08. The zero-order chi connectivity index (χ0) is 13.7.